The molecule has 0 atom stereocenters. The molecule has 0 amide bonds. The minimum Gasteiger partial charge on any atom is -0.272 e. The largest absolute Gasteiger partial charge is 0.394 e. The van der Waals surface area contributed by atoms with E-state index in [0.29, 0.717) is 0 Å². The van der Waals surface area contributed by atoms with Crippen LogP contribution in [0.1, 0.15) is 32.1 Å². The van der Waals surface area contributed by atoms with Gasteiger partial charge in [-0.3, -0.25) is 4.68 Å². The van der Waals surface area contributed by atoms with Crippen LogP contribution in [0, 0.1) is 5.41 Å². The molecule has 2 saturated carbocycles. The quantitative estimate of drug-likeness (QED) is 0.895. The number of alkyl halides is 3. The van der Waals surface area contributed by atoms with E-state index < -0.39 is 27.2 Å². The van der Waals surface area contributed by atoms with Crippen LogP contribution in [-0.4, -0.2) is 35.7 Å². The van der Waals surface area contributed by atoms with E-state index in [-0.39, 0.29) is 44.4 Å². The Morgan fingerprint density at radius 2 is 1.91 bits per heavy atom. The molecule has 2 aliphatic carbocycles. The van der Waals surface area contributed by atoms with Crippen molar-refractivity contribution in [1.29, 1.82) is 0 Å². The van der Waals surface area contributed by atoms with E-state index in [4.69, 9.17) is 0 Å². The number of hydrogen-bond acceptors (Lipinski definition) is 3. The lowest BCUT2D eigenvalue weighted by atomic mass is 9.83. The number of nitrogens with zero attached hydrogens (tertiary/aromatic N) is 2. The smallest absolute Gasteiger partial charge is 0.272 e. The molecule has 2 bridgehead atoms. The molecule has 0 radical (unpaired) electrons. The zero-order valence-corrected chi connectivity index (χ0v) is 12.8. The monoisotopic (exact) mass is 337 g/mol. The molecule has 0 aromatic carbocycles. The molecular formula is C13H18F3N3O2S. The molecule has 0 spiro atoms. The van der Waals surface area contributed by atoms with Crippen LogP contribution >= 0.6 is 0 Å². The molecule has 1 heterocycles. The van der Waals surface area contributed by atoms with E-state index in [0.717, 1.165) is 0 Å². The highest BCUT2D eigenvalue weighted by molar-refractivity contribution is 7.89. The summed E-state index contributed by atoms with van der Waals surface area (Å²) in [5.41, 5.74) is -2.62. The summed E-state index contributed by atoms with van der Waals surface area (Å²) in [5, 5.41) is 3.92. The van der Waals surface area contributed by atoms with Crippen molar-refractivity contribution in [2.75, 3.05) is 5.75 Å². The van der Waals surface area contributed by atoms with Crippen molar-refractivity contribution in [3.05, 3.63) is 18.5 Å². The Labute approximate surface area is 126 Å². The van der Waals surface area contributed by atoms with Crippen molar-refractivity contribution < 1.29 is 21.6 Å². The molecule has 9 heteroatoms. The number of sulfonamides is 1. The third-order valence-corrected chi connectivity index (χ3v) is 6.43. The van der Waals surface area contributed by atoms with Gasteiger partial charge in [-0.05, 0) is 38.2 Å². The average molecular weight is 337 g/mol. The third-order valence-electron chi connectivity index (χ3n) is 4.96. The van der Waals surface area contributed by atoms with Gasteiger partial charge in [0, 0.05) is 17.9 Å². The van der Waals surface area contributed by atoms with Crippen molar-refractivity contribution in [3.63, 3.8) is 0 Å². The maximum atomic E-state index is 13.2. The lowest BCUT2D eigenvalue weighted by Crippen LogP contribution is -2.46. The Kier molecular flexibility index (Phi) is 3.56. The number of aryl methyl sites for hydroxylation is 1. The molecule has 0 aliphatic heterocycles. The Bertz CT molecular complexity index is 632. The van der Waals surface area contributed by atoms with E-state index in [2.05, 4.69) is 9.82 Å². The maximum Gasteiger partial charge on any atom is 0.394 e. The Hall–Kier alpha value is -1.09. The van der Waals surface area contributed by atoms with Gasteiger partial charge in [0.15, 0.2) is 0 Å². The third kappa shape index (κ3) is 2.76. The van der Waals surface area contributed by atoms with Crippen molar-refractivity contribution in [1.82, 2.24) is 14.5 Å². The first kappa shape index (κ1) is 15.8. The minimum absolute atomic E-state index is 0.0121. The molecule has 22 heavy (non-hydrogen) atoms. The SMILES string of the molecule is O=S(=O)(CCn1cccn1)NC12CCC(C(F)(F)F)(CC1)C2. The summed E-state index contributed by atoms with van der Waals surface area (Å²) in [4.78, 5) is 0. The summed E-state index contributed by atoms with van der Waals surface area (Å²) in [6.07, 6.45) is -0.661. The van der Waals surface area contributed by atoms with Gasteiger partial charge in [0.2, 0.25) is 10.0 Å². The lowest BCUT2D eigenvalue weighted by Gasteiger charge is -2.29. The molecule has 1 aromatic rings. The highest BCUT2D eigenvalue weighted by Crippen LogP contribution is 2.63. The van der Waals surface area contributed by atoms with Gasteiger partial charge in [-0.25, -0.2) is 13.1 Å². The van der Waals surface area contributed by atoms with Crippen LogP contribution in [0.25, 0.3) is 0 Å². The summed E-state index contributed by atoms with van der Waals surface area (Å²) in [7, 11) is -3.64. The Morgan fingerprint density at radius 3 is 2.41 bits per heavy atom. The fourth-order valence-electron chi connectivity index (χ4n) is 3.76. The first-order chi connectivity index (χ1) is 10.2. The van der Waals surface area contributed by atoms with Gasteiger partial charge in [-0.2, -0.15) is 18.3 Å². The van der Waals surface area contributed by atoms with Crippen LogP contribution in [0.5, 0.6) is 0 Å². The van der Waals surface area contributed by atoms with E-state index in [1.807, 2.05) is 0 Å². The predicted molar refractivity (Wildman–Crippen MR) is 73.5 cm³/mol. The molecule has 3 rings (SSSR count). The fourth-order valence-corrected chi connectivity index (χ4v) is 5.22. The molecule has 1 N–H and O–H groups in total. The molecule has 5 nitrogen and oxygen atoms in total. The van der Waals surface area contributed by atoms with Gasteiger partial charge >= 0.3 is 6.18 Å². The fraction of sp³-hybridized carbons (Fsp3) is 0.769. The normalized spacial score (nSPS) is 31.8. The van der Waals surface area contributed by atoms with Crippen LogP contribution in [0.4, 0.5) is 13.2 Å². The second-order valence-electron chi connectivity index (χ2n) is 6.43. The Morgan fingerprint density at radius 1 is 1.23 bits per heavy atom. The highest BCUT2D eigenvalue weighted by atomic mass is 32.2. The van der Waals surface area contributed by atoms with Crippen molar-refractivity contribution >= 4 is 10.0 Å². The number of hydrogen-bond donors (Lipinski definition) is 1. The number of rotatable bonds is 5. The summed E-state index contributed by atoms with van der Waals surface area (Å²) in [5.74, 6) is -0.185. The van der Waals surface area contributed by atoms with Crippen molar-refractivity contribution in [3.8, 4) is 0 Å². The highest BCUT2D eigenvalue weighted by Gasteiger charge is 2.66. The predicted octanol–water partition coefficient (Wildman–Crippen LogP) is 2.07. The summed E-state index contributed by atoms with van der Waals surface area (Å²) in [6, 6.07) is 1.68. The second kappa shape index (κ2) is 4.95. The lowest BCUT2D eigenvalue weighted by molar-refractivity contribution is -0.220. The minimum atomic E-state index is -4.26. The van der Waals surface area contributed by atoms with E-state index in [1.165, 1.54) is 4.68 Å². The topological polar surface area (TPSA) is 64.0 Å². The summed E-state index contributed by atoms with van der Waals surface area (Å²) in [6.45, 7) is 0.183. The molecule has 124 valence electrons. The standard InChI is InChI=1S/C13H18F3N3O2S/c14-13(15,16)11-2-4-12(10-11,5-3-11)18-22(20,21)9-8-19-7-1-6-17-19/h1,6-7,18H,2-5,8-10H2. The summed E-state index contributed by atoms with van der Waals surface area (Å²) >= 11 is 0. The van der Waals surface area contributed by atoms with Crippen LogP contribution in [0.2, 0.25) is 0 Å². The number of nitrogens with one attached hydrogen (secondary N) is 1. The maximum absolute atomic E-state index is 13.2. The van der Waals surface area contributed by atoms with Gasteiger partial charge in [-0.1, -0.05) is 0 Å². The molecular weight excluding hydrogens is 319 g/mol. The van der Waals surface area contributed by atoms with E-state index in [9.17, 15) is 21.6 Å². The first-order valence-electron chi connectivity index (χ1n) is 7.21. The zero-order valence-electron chi connectivity index (χ0n) is 11.9. The van der Waals surface area contributed by atoms with Crippen LogP contribution in [-0.2, 0) is 16.6 Å². The molecule has 2 fully saturated rings. The second-order valence-corrected chi connectivity index (χ2v) is 8.27. The molecule has 2 aliphatic rings. The van der Waals surface area contributed by atoms with Crippen LogP contribution < -0.4 is 4.72 Å². The van der Waals surface area contributed by atoms with Crippen LogP contribution in [0.3, 0.4) is 0 Å². The van der Waals surface area contributed by atoms with Gasteiger partial charge in [0.1, 0.15) is 0 Å². The van der Waals surface area contributed by atoms with Crippen molar-refractivity contribution in [2.45, 2.75) is 50.4 Å². The number of fused-ring (bicyclic) bond motifs is 2. The van der Waals surface area contributed by atoms with Gasteiger partial charge in [0.25, 0.3) is 0 Å². The van der Waals surface area contributed by atoms with Gasteiger partial charge in [0.05, 0.1) is 17.7 Å². The van der Waals surface area contributed by atoms with Gasteiger partial charge < -0.3 is 0 Å². The average Bonchev–Trinajstić information content (AvgIpc) is 3.10. The number of halogens is 3. The van der Waals surface area contributed by atoms with Gasteiger partial charge in [-0.15, -0.1) is 0 Å². The van der Waals surface area contributed by atoms with Crippen molar-refractivity contribution in [2.24, 2.45) is 5.41 Å². The zero-order chi connectivity index (χ0) is 16.1. The first-order valence-corrected chi connectivity index (χ1v) is 8.87. The van der Waals surface area contributed by atoms with E-state index >= 15 is 0 Å². The van der Waals surface area contributed by atoms with Crippen LogP contribution in [0.15, 0.2) is 18.5 Å². The molecule has 0 saturated heterocycles. The van der Waals surface area contributed by atoms with E-state index in [1.54, 1.807) is 18.5 Å². The molecule has 1 aromatic heterocycles. The molecule has 0 unspecified atom stereocenters. The summed E-state index contributed by atoms with van der Waals surface area (Å²) < 4.78 is 68.0. The Balaban J connectivity index is 1.66. The number of aromatic nitrogens is 2.